The summed E-state index contributed by atoms with van der Waals surface area (Å²) < 4.78 is 16.5. The molecule has 0 bridgehead atoms. The Morgan fingerprint density at radius 3 is 2.43 bits per heavy atom. The average molecular weight is 738 g/mol. The Balaban J connectivity index is 1.03. The first kappa shape index (κ1) is 36.5. The molecular formula is C37H40ClN3O9S. The summed E-state index contributed by atoms with van der Waals surface area (Å²) in [5, 5.41) is 26.2. The Bertz CT molecular complexity index is 1720. The highest BCUT2D eigenvalue weighted by atomic mass is 35.5. The fraction of sp³-hybridized carbons (Fsp3) is 0.405. The molecule has 0 spiro atoms. The smallest absolute Gasteiger partial charge is 0.321 e. The minimum atomic E-state index is -1.08. The van der Waals surface area contributed by atoms with Gasteiger partial charge in [0, 0.05) is 28.9 Å². The Morgan fingerprint density at radius 1 is 0.980 bits per heavy atom. The van der Waals surface area contributed by atoms with E-state index in [4.69, 9.17) is 25.8 Å². The van der Waals surface area contributed by atoms with Crippen LogP contribution in [-0.4, -0.2) is 76.8 Å². The van der Waals surface area contributed by atoms with Crippen LogP contribution >= 0.6 is 23.4 Å². The van der Waals surface area contributed by atoms with Gasteiger partial charge in [-0.1, -0.05) is 49.1 Å². The maximum Gasteiger partial charge on any atom is 0.321 e. The second-order valence-electron chi connectivity index (χ2n) is 12.8. The summed E-state index contributed by atoms with van der Waals surface area (Å²) in [7, 11) is 0. The molecular weight excluding hydrogens is 698 g/mol. The third kappa shape index (κ3) is 9.14. The molecule has 270 valence electrons. The number of nitrogens with one attached hydrogen (secondary N) is 2. The number of aliphatic hydroxyl groups excluding tert-OH is 1. The number of fused-ring (bicyclic) bond motifs is 1. The SMILES string of the molecule is O=C(CNC(=O)COc1ccc([C@@H]2[C@@H](SCC(O)c3ccc4c(c3)OCO4)C(=O)N2c2ccc(Cl)cc2)cc1)C[C@@H](NC1CCCCC1)C(=O)O. The fourth-order valence-corrected chi connectivity index (χ4v) is 7.90. The molecule has 2 amide bonds. The van der Waals surface area contributed by atoms with Crippen LogP contribution in [0, 0.1) is 0 Å². The number of carboxylic acids is 1. The minimum absolute atomic E-state index is 0.0807. The fourth-order valence-electron chi connectivity index (χ4n) is 6.48. The molecule has 0 radical (unpaired) electrons. The van der Waals surface area contributed by atoms with Crippen molar-refractivity contribution >= 4 is 52.6 Å². The van der Waals surface area contributed by atoms with Gasteiger partial charge in [-0.25, -0.2) is 0 Å². The molecule has 2 aliphatic heterocycles. The predicted octanol–water partition coefficient (Wildman–Crippen LogP) is 4.82. The standard InChI is InChI=1S/C37H40ClN3O9S/c38-24-9-11-26(12-10-24)41-34(35(36(41)45)51-20-30(43)23-8-15-31-32(16-23)50-21-49-31)22-6-13-28(14-7-22)48-19-33(44)39-18-27(42)17-29(37(46)47)40-25-4-2-1-3-5-25/h6-16,25,29-30,34-35,40,43H,1-5,17-21H2,(H,39,44)(H,46,47)/t29-,30?,34-,35-/m1/s1. The van der Waals surface area contributed by atoms with E-state index < -0.39 is 29.3 Å². The van der Waals surface area contributed by atoms with Gasteiger partial charge in [-0.15, -0.1) is 11.8 Å². The van der Waals surface area contributed by atoms with Gasteiger partial charge in [-0.2, -0.15) is 0 Å². The maximum absolute atomic E-state index is 13.5. The van der Waals surface area contributed by atoms with E-state index in [1.807, 2.05) is 12.1 Å². The molecule has 12 nitrogen and oxygen atoms in total. The number of aliphatic carboxylic acids is 1. The number of amides is 2. The number of β-lactam (4-membered cyclic amide) rings is 1. The highest BCUT2D eigenvalue weighted by Crippen LogP contribution is 2.46. The second-order valence-corrected chi connectivity index (χ2v) is 14.4. The molecule has 51 heavy (non-hydrogen) atoms. The number of anilines is 1. The lowest BCUT2D eigenvalue weighted by atomic mass is 9.92. The highest BCUT2D eigenvalue weighted by molar-refractivity contribution is 8.00. The van der Waals surface area contributed by atoms with Gasteiger partial charge in [0.25, 0.3) is 5.91 Å². The number of carbonyl (C=O) groups is 4. The second kappa shape index (κ2) is 16.8. The lowest BCUT2D eigenvalue weighted by molar-refractivity contribution is -0.141. The molecule has 2 fully saturated rings. The first-order valence-electron chi connectivity index (χ1n) is 16.9. The number of hydrogen-bond donors (Lipinski definition) is 4. The van der Waals surface area contributed by atoms with Crippen molar-refractivity contribution in [3.05, 3.63) is 82.9 Å². The van der Waals surface area contributed by atoms with Crippen molar-refractivity contribution in [2.24, 2.45) is 0 Å². The molecule has 14 heteroatoms. The molecule has 3 aliphatic rings. The number of benzene rings is 3. The Hall–Kier alpha value is -4.30. The molecule has 1 unspecified atom stereocenters. The van der Waals surface area contributed by atoms with E-state index >= 15 is 0 Å². The number of ketones is 1. The van der Waals surface area contributed by atoms with Gasteiger partial charge in [0.2, 0.25) is 12.7 Å². The average Bonchev–Trinajstić information content (AvgIpc) is 3.61. The predicted molar refractivity (Wildman–Crippen MR) is 191 cm³/mol. The lowest BCUT2D eigenvalue weighted by Crippen LogP contribution is -2.57. The van der Waals surface area contributed by atoms with Crippen LogP contribution in [0.1, 0.15) is 61.8 Å². The number of rotatable bonds is 16. The van der Waals surface area contributed by atoms with Crippen LogP contribution in [-0.2, 0) is 19.2 Å². The molecule has 4 atom stereocenters. The quantitative estimate of drug-likeness (QED) is 0.149. The van der Waals surface area contributed by atoms with Crippen LogP contribution in [0.25, 0.3) is 0 Å². The van der Waals surface area contributed by atoms with Crippen molar-refractivity contribution in [2.45, 2.75) is 68.0 Å². The highest BCUT2D eigenvalue weighted by Gasteiger charge is 2.49. The van der Waals surface area contributed by atoms with Crippen LogP contribution in [0.5, 0.6) is 17.2 Å². The van der Waals surface area contributed by atoms with Crippen molar-refractivity contribution in [3.63, 3.8) is 0 Å². The summed E-state index contributed by atoms with van der Waals surface area (Å²) in [6.45, 7) is -0.504. The largest absolute Gasteiger partial charge is 0.484 e. The van der Waals surface area contributed by atoms with Gasteiger partial charge in [0.05, 0.1) is 18.7 Å². The summed E-state index contributed by atoms with van der Waals surface area (Å²) >= 11 is 7.47. The van der Waals surface area contributed by atoms with Crippen molar-refractivity contribution < 1.29 is 43.6 Å². The Kier molecular flexibility index (Phi) is 12.0. The molecule has 1 saturated carbocycles. The Labute approximate surface area is 304 Å². The monoisotopic (exact) mass is 737 g/mol. The van der Waals surface area contributed by atoms with E-state index in [9.17, 15) is 29.4 Å². The third-order valence-corrected chi connectivity index (χ3v) is 10.8. The summed E-state index contributed by atoms with van der Waals surface area (Å²) in [6, 6.07) is 18.1. The maximum atomic E-state index is 13.5. The summed E-state index contributed by atoms with van der Waals surface area (Å²) in [6.07, 6.45) is 3.92. The number of Topliss-reactive ketones (excluding diaryl/α,β-unsaturated/α-hetero) is 1. The first-order chi connectivity index (χ1) is 24.7. The molecule has 2 heterocycles. The molecule has 4 N–H and O–H groups in total. The van der Waals surface area contributed by atoms with Crippen molar-refractivity contribution in [1.29, 1.82) is 0 Å². The van der Waals surface area contributed by atoms with E-state index in [0.29, 0.717) is 33.5 Å². The van der Waals surface area contributed by atoms with Crippen LogP contribution in [0.4, 0.5) is 5.69 Å². The third-order valence-electron chi connectivity index (χ3n) is 9.21. The Morgan fingerprint density at radius 2 is 1.71 bits per heavy atom. The van der Waals surface area contributed by atoms with Crippen LogP contribution in [0.2, 0.25) is 5.02 Å². The van der Waals surface area contributed by atoms with Gasteiger partial charge < -0.3 is 40.0 Å². The topological polar surface area (TPSA) is 164 Å². The summed E-state index contributed by atoms with van der Waals surface area (Å²) in [5.41, 5.74) is 2.18. The lowest BCUT2D eigenvalue weighted by Gasteiger charge is -2.47. The zero-order valence-corrected chi connectivity index (χ0v) is 29.4. The van der Waals surface area contributed by atoms with Crippen LogP contribution in [0.3, 0.4) is 0 Å². The van der Waals surface area contributed by atoms with E-state index in [2.05, 4.69) is 10.6 Å². The normalized spacial score (nSPS) is 19.6. The molecule has 1 saturated heterocycles. The minimum Gasteiger partial charge on any atom is -0.484 e. The summed E-state index contributed by atoms with van der Waals surface area (Å²) in [5.74, 6) is -0.215. The first-order valence-corrected chi connectivity index (χ1v) is 18.4. The number of carboxylic acid groups (broad SMARTS) is 1. The number of hydrogen-bond acceptors (Lipinski definition) is 10. The summed E-state index contributed by atoms with van der Waals surface area (Å²) in [4.78, 5) is 51.9. The molecule has 0 aromatic heterocycles. The van der Waals surface area contributed by atoms with E-state index in [0.717, 1.165) is 37.7 Å². The van der Waals surface area contributed by atoms with Gasteiger partial charge in [-0.3, -0.25) is 19.2 Å². The molecule has 3 aromatic rings. The van der Waals surface area contributed by atoms with Gasteiger partial charge in [0.1, 0.15) is 17.0 Å². The van der Waals surface area contributed by atoms with Gasteiger partial charge in [0.15, 0.2) is 23.9 Å². The van der Waals surface area contributed by atoms with E-state index in [-0.39, 0.29) is 55.9 Å². The molecule has 3 aromatic carbocycles. The zero-order chi connectivity index (χ0) is 35.9. The number of carbonyl (C=O) groups excluding carboxylic acids is 3. The van der Waals surface area contributed by atoms with Crippen molar-refractivity contribution in [1.82, 2.24) is 10.6 Å². The zero-order valence-electron chi connectivity index (χ0n) is 27.8. The number of halogens is 1. The number of thioether (sulfide) groups is 1. The van der Waals surface area contributed by atoms with Crippen molar-refractivity contribution in [2.75, 3.05) is 30.6 Å². The number of aliphatic hydroxyl groups is 1. The van der Waals surface area contributed by atoms with E-state index in [1.54, 1.807) is 59.5 Å². The van der Waals surface area contributed by atoms with E-state index in [1.165, 1.54) is 11.8 Å². The van der Waals surface area contributed by atoms with Crippen molar-refractivity contribution in [3.8, 4) is 17.2 Å². The number of ether oxygens (including phenoxy) is 3. The van der Waals surface area contributed by atoms with Crippen LogP contribution < -0.4 is 29.7 Å². The van der Waals surface area contributed by atoms with Gasteiger partial charge in [-0.05, 0) is 72.5 Å². The van der Waals surface area contributed by atoms with Crippen LogP contribution in [0.15, 0.2) is 66.7 Å². The molecule has 1 aliphatic carbocycles. The molecule has 6 rings (SSSR count). The van der Waals surface area contributed by atoms with Gasteiger partial charge >= 0.3 is 5.97 Å². The number of nitrogens with zero attached hydrogens (tertiary/aromatic N) is 1.